The zero-order valence-corrected chi connectivity index (χ0v) is 14.6. The van der Waals surface area contributed by atoms with E-state index in [2.05, 4.69) is 9.97 Å². The molecule has 0 saturated carbocycles. The maximum atomic E-state index is 12.3. The van der Waals surface area contributed by atoms with Crippen LogP contribution in [0.5, 0.6) is 0 Å². The van der Waals surface area contributed by atoms with E-state index in [0.717, 1.165) is 5.69 Å². The maximum absolute atomic E-state index is 12.3. The van der Waals surface area contributed by atoms with E-state index in [1.54, 1.807) is 60.9 Å². The Balaban J connectivity index is 1.92. The molecule has 0 aliphatic rings. The maximum Gasteiger partial charge on any atom is 0.223 e. The van der Waals surface area contributed by atoms with E-state index in [0.29, 0.717) is 6.42 Å². The number of carbonyl (C=O) groups excluding carboxylic acids is 1. The van der Waals surface area contributed by atoms with Crippen LogP contribution in [0.1, 0.15) is 19.0 Å². The van der Waals surface area contributed by atoms with E-state index >= 15 is 0 Å². The van der Waals surface area contributed by atoms with Crippen molar-refractivity contribution < 1.29 is 13.2 Å². The highest BCUT2D eigenvalue weighted by Crippen LogP contribution is 2.12. The van der Waals surface area contributed by atoms with Crippen LogP contribution in [0.4, 0.5) is 0 Å². The summed E-state index contributed by atoms with van der Waals surface area (Å²) in [6.07, 6.45) is 5.39. The molecule has 1 aromatic heterocycles. The molecular weight excluding hydrogens is 326 g/mol. The Bertz CT molecular complexity index is 764. The van der Waals surface area contributed by atoms with Crippen LogP contribution >= 0.6 is 0 Å². The van der Waals surface area contributed by atoms with Gasteiger partial charge in [0.15, 0.2) is 9.84 Å². The van der Waals surface area contributed by atoms with E-state index in [9.17, 15) is 13.2 Å². The number of amides is 1. The summed E-state index contributed by atoms with van der Waals surface area (Å²) in [7, 11) is -1.76. The SMILES string of the molecule is C[C@@H](Cc1cnccn1)N(C)C(=O)CCS(=O)(=O)c1ccccc1. The lowest BCUT2D eigenvalue weighted by Gasteiger charge is -2.24. The summed E-state index contributed by atoms with van der Waals surface area (Å²) in [5.74, 6) is -0.399. The molecule has 0 spiro atoms. The Morgan fingerprint density at radius 1 is 1.21 bits per heavy atom. The summed E-state index contributed by atoms with van der Waals surface area (Å²) >= 11 is 0. The summed E-state index contributed by atoms with van der Waals surface area (Å²) in [4.78, 5) is 22.3. The second kappa shape index (κ2) is 8.01. The number of sulfone groups is 1. The molecule has 1 heterocycles. The van der Waals surface area contributed by atoms with Crippen molar-refractivity contribution in [3.05, 3.63) is 54.6 Å². The molecule has 24 heavy (non-hydrogen) atoms. The van der Waals surface area contributed by atoms with E-state index in [-0.39, 0.29) is 29.0 Å². The lowest BCUT2D eigenvalue weighted by molar-refractivity contribution is -0.131. The Morgan fingerprint density at radius 3 is 2.54 bits per heavy atom. The molecule has 0 saturated heterocycles. The molecule has 0 radical (unpaired) electrons. The van der Waals surface area contributed by atoms with Gasteiger partial charge in [-0.1, -0.05) is 18.2 Å². The molecule has 0 unspecified atom stereocenters. The number of rotatable bonds is 7. The van der Waals surface area contributed by atoms with Gasteiger partial charge in [0.2, 0.25) is 5.91 Å². The molecule has 0 aliphatic heterocycles. The van der Waals surface area contributed by atoms with Crippen LogP contribution in [-0.2, 0) is 21.1 Å². The summed E-state index contributed by atoms with van der Waals surface area (Å²) in [6.45, 7) is 1.90. The van der Waals surface area contributed by atoms with Gasteiger partial charge in [-0.15, -0.1) is 0 Å². The number of benzene rings is 1. The van der Waals surface area contributed by atoms with E-state index in [4.69, 9.17) is 0 Å². The van der Waals surface area contributed by atoms with Gasteiger partial charge in [0, 0.05) is 44.5 Å². The quantitative estimate of drug-likeness (QED) is 0.762. The minimum absolute atomic E-state index is 0.0431. The zero-order valence-electron chi connectivity index (χ0n) is 13.8. The van der Waals surface area contributed by atoms with Crippen LogP contribution in [0.2, 0.25) is 0 Å². The Morgan fingerprint density at radius 2 is 1.92 bits per heavy atom. The molecule has 0 fully saturated rings. The van der Waals surface area contributed by atoms with Crippen LogP contribution in [0.3, 0.4) is 0 Å². The fourth-order valence-corrected chi connectivity index (χ4v) is 3.52. The minimum atomic E-state index is -3.44. The van der Waals surface area contributed by atoms with Crippen LogP contribution in [0.15, 0.2) is 53.8 Å². The average molecular weight is 347 g/mol. The second-order valence-corrected chi connectivity index (χ2v) is 7.75. The smallest absolute Gasteiger partial charge is 0.223 e. The first-order chi connectivity index (χ1) is 11.4. The molecule has 0 N–H and O–H groups in total. The van der Waals surface area contributed by atoms with Gasteiger partial charge in [-0.05, 0) is 19.1 Å². The standard InChI is InChI=1S/C17H21N3O3S/c1-14(12-15-13-18-9-10-19-15)20(2)17(21)8-11-24(22,23)16-6-4-3-5-7-16/h3-7,9-10,13-14H,8,11-12H2,1-2H3/t14-/m0/s1. The van der Waals surface area contributed by atoms with Crippen LogP contribution < -0.4 is 0 Å². The first-order valence-corrected chi connectivity index (χ1v) is 9.34. The average Bonchev–Trinajstić information content (AvgIpc) is 2.60. The highest BCUT2D eigenvalue weighted by atomic mass is 32.2. The van der Waals surface area contributed by atoms with Gasteiger partial charge in [-0.25, -0.2) is 8.42 Å². The molecule has 2 rings (SSSR count). The Hall–Kier alpha value is -2.28. The van der Waals surface area contributed by atoms with Crippen molar-refractivity contribution in [3.63, 3.8) is 0 Å². The number of hydrogen-bond donors (Lipinski definition) is 0. The topological polar surface area (TPSA) is 80.2 Å². The van der Waals surface area contributed by atoms with Gasteiger partial charge in [0.1, 0.15) is 0 Å². The van der Waals surface area contributed by atoms with Gasteiger partial charge in [0.05, 0.1) is 16.3 Å². The lowest BCUT2D eigenvalue weighted by Crippen LogP contribution is -2.37. The van der Waals surface area contributed by atoms with Gasteiger partial charge < -0.3 is 4.90 Å². The van der Waals surface area contributed by atoms with E-state index in [1.807, 2.05) is 6.92 Å². The number of carbonyl (C=O) groups is 1. The van der Waals surface area contributed by atoms with Crippen LogP contribution in [0.25, 0.3) is 0 Å². The molecule has 1 aromatic carbocycles. The lowest BCUT2D eigenvalue weighted by atomic mass is 10.1. The first kappa shape index (κ1) is 18.1. The van der Waals surface area contributed by atoms with E-state index < -0.39 is 9.84 Å². The molecule has 7 heteroatoms. The summed E-state index contributed by atoms with van der Waals surface area (Å²) in [5, 5.41) is 0. The fourth-order valence-electron chi connectivity index (χ4n) is 2.26. The molecule has 0 bridgehead atoms. The molecule has 1 amide bonds. The van der Waals surface area contributed by atoms with Gasteiger partial charge in [-0.2, -0.15) is 0 Å². The normalized spacial score (nSPS) is 12.6. The van der Waals surface area contributed by atoms with Gasteiger partial charge in [-0.3, -0.25) is 14.8 Å². The third kappa shape index (κ3) is 4.86. The monoisotopic (exact) mass is 347 g/mol. The first-order valence-electron chi connectivity index (χ1n) is 7.68. The molecule has 128 valence electrons. The number of nitrogens with zero attached hydrogens (tertiary/aromatic N) is 3. The molecule has 1 atom stereocenters. The predicted octanol–water partition coefficient (Wildman–Crippen LogP) is 1.73. The van der Waals surface area contributed by atoms with Crippen LogP contribution in [0, 0.1) is 0 Å². The summed E-state index contributed by atoms with van der Waals surface area (Å²) in [6, 6.07) is 8.09. The van der Waals surface area contributed by atoms with Crippen molar-refractivity contribution in [1.82, 2.24) is 14.9 Å². The van der Waals surface area contributed by atoms with Crippen molar-refractivity contribution >= 4 is 15.7 Å². The van der Waals surface area contributed by atoms with Gasteiger partial charge >= 0.3 is 0 Å². The second-order valence-electron chi connectivity index (χ2n) is 5.64. The number of hydrogen-bond acceptors (Lipinski definition) is 5. The molecule has 2 aromatic rings. The number of likely N-dealkylation sites (N-methyl/N-ethyl adjacent to an activating group) is 1. The van der Waals surface area contributed by atoms with Crippen molar-refractivity contribution in [3.8, 4) is 0 Å². The van der Waals surface area contributed by atoms with Crippen molar-refractivity contribution in [2.24, 2.45) is 0 Å². The largest absolute Gasteiger partial charge is 0.343 e. The number of aromatic nitrogens is 2. The molecule has 0 aliphatic carbocycles. The van der Waals surface area contributed by atoms with Crippen LogP contribution in [-0.4, -0.2) is 48.0 Å². The summed E-state index contributed by atoms with van der Waals surface area (Å²) < 4.78 is 24.5. The fraction of sp³-hybridized carbons (Fsp3) is 0.353. The van der Waals surface area contributed by atoms with Crippen molar-refractivity contribution in [2.45, 2.75) is 30.7 Å². The molecule has 6 nitrogen and oxygen atoms in total. The van der Waals surface area contributed by atoms with Gasteiger partial charge in [0.25, 0.3) is 0 Å². The molecular formula is C17H21N3O3S. The summed E-state index contributed by atoms with van der Waals surface area (Å²) in [5.41, 5.74) is 0.793. The van der Waals surface area contributed by atoms with Crippen molar-refractivity contribution in [2.75, 3.05) is 12.8 Å². The van der Waals surface area contributed by atoms with E-state index in [1.165, 1.54) is 0 Å². The minimum Gasteiger partial charge on any atom is -0.343 e. The Labute approximate surface area is 142 Å². The highest BCUT2D eigenvalue weighted by molar-refractivity contribution is 7.91. The van der Waals surface area contributed by atoms with Crippen molar-refractivity contribution in [1.29, 1.82) is 0 Å². The zero-order chi connectivity index (χ0) is 17.6. The predicted molar refractivity (Wildman–Crippen MR) is 91.1 cm³/mol. The third-order valence-corrected chi connectivity index (χ3v) is 5.59. The Kier molecular flexibility index (Phi) is 6.03. The third-order valence-electron chi connectivity index (χ3n) is 3.86. The highest BCUT2D eigenvalue weighted by Gasteiger charge is 2.21.